The fourth-order valence-corrected chi connectivity index (χ4v) is 2.60. The lowest BCUT2D eigenvalue weighted by atomic mass is 10.1. The number of nitrogens with one attached hydrogen (secondary N) is 1. The van der Waals surface area contributed by atoms with E-state index in [9.17, 15) is 0 Å². The maximum atomic E-state index is 5.88. The van der Waals surface area contributed by atoms with Crippen LogP contribution in [0.5, 0.6) is 11.5 Å². The van der Waals surface area contributed by atoms with Crippen molar-refractivity contribution in [3.05, 3.63) is 23.8 Å². The van der Waals surface area contributed by atoms with Gasteiger partial charge in [0.05, 0.1) is 13.7 Å². The molecule has 1 aliphatic rings. The van der Waals surface area contributed by atoms with Crippen LogP contribution in [0.1, 0.15) is 26.3 Å². The molecule has 22 heavy (non-hydrogen) atoms. The van der Waals surface area contributed by atoms with Gasteiger partial charge in [0.1, 0.15) is 0 Å². The van der Waals surface area contributed by atoms with Crippen LogP contribution in [0.25, 0.3) is 0 Å². The SMILES string of the molecule is COc1ccc(CN2CCNC(C)C2)cc1OCC(C)C.Cl. The number of hydrogen-bond donors (Lipinski definition) is 1. The second kappa shape index (κ2) is 9.23. The fourth-order valence-electron chi connectivity index (χ4n) is 2.60. The molecule has 1 aromatic rings. The van der Waals surface area contributed by atoms with Gasteiger partial charge in [-0.15, -0.1) is 12.4 Å². The standard InChI is InChI=1S/C17H28N2O2.ClH/c1-13(2)12-21-17-9-15(5-6-16(17)20-4)11-19-8-7-18-14(3)10-19;/h5-6,9,13-14,18H,7-8,10-12H2,1-4H3;1H. The Labute approximate surface area is 140 Å². The number of piperazine rings is 1. The second-order valence-corrected chi connectivity index (χ2v) is 6.28. The minimum Gasteiger partial charge on any atom is -0.493 e. The Morgan fingerprint density at radius 3 is 2.73 bits per heavy atom. The molecule has 5 heteroatoms. The van der Waals surface area contributed by atoms with Crippen molar-refractivity contribution in [2.24, 2.45) is 5.92 Å². The molecule has 0 aliphatic carbocycles. The third-order valence-corrected chi connectivity index (χ3v) is 3.66. The third-order valence-electron chi connectivity index (χ3n) is 3.66. The molecule has 1 saturated heterocycles. The summed E-state index contributed by atoms with van der Waals surface area (Å²) in [5.41, 5.74) is 1.28. The summed E-state index contributed by atoms with van der Waals surface area (Å²) in [6.07, 6.45) is 0. The zero-order valence-electron chi connectivity index (χ0n) is 14.1. The number of halogens is 1. The first-order chi connectivity index (χ1) is 10.1. The largest absolute Gasteiger partial charge is 0.493 e. The Balaban J connectivity index is 0.00000242. The van der Waals surface area contributed by atoms with Crippen LogP contribution in [0, 0.1) is 5.92 Å². The highest BCUT2D eigenvalue weighted by Gasteiger charge is 2.16. The highest BCUT2D eigenvalue weighted by molar-refractivity contribution is 5.85. The monoisotopic (exact) mass is 328 g/mol. The lowest BCUT2D eigenvalue weighted by Crippen LogP contribution is -2.48. The lowest BCUT2D eigenvalue weighted by molar-refractivity contribution is 0.199. The van der Waals surface area contributed by atoms with Gasteiger partial charge in [0.2, 0.25) is 0 Å². The summed E-state index contributed by atoms with van der Waals surface area (Å²) in [5.74, 6) is 2.17. The van der Waals surface area contributed by atoms with E-state index in [-0.39, 0.29) is 12.4 Å². The first-order valence-corrected chi connectivity index (χ1v) is 7.84. The van der Waals surface area contributed by atoms with Crippen LogP contribution >= 0.6 is 12.4 Å². The molecule has 2 rings (SSSR count). The number of hydrogen-bond acceptors (Lipinski definition) is 4. The van der Waals surface area contributed by atoms with Crippen LogP contribution in [0.4, 0.5) is 0 Å². The summed E-state index contributed by atoms with van der Waals surface area (Å²) < 4.78 is 11.3. The Kier molecular flexibility index (Phi) is 8.01. The molecule has 1 heterocycles. The third kappa shape index (κ3) is 5.67. The van der Waals surface area contributed by atoms with E-state index in [1.54, 1.807) is 7.11 Å². The molecule has 0 aromatic heterocycles. The van der Waals surface area contributed by atoms with Crippen LogP contribution in [0.2, 0.25) is 0 Å². The van der Waals surface area contributed by atoms with Gasteiger partial charge >= 0.3 is 0 Å². The number of benzene rings is 1. The van der Waals surface area contributed by atoms with Crippen LogP contribution < -0.4 is 14.8 Å². The van der Waals surface area contributed by atoms with E-state index in [4.69, 9.17) is 9.47 Å². The van der Waals surface area contributed by atoms with E-state index in [0.717, 1.165) is 37.7 Å². The van der Waals surface area contributed by atoms with Gasteiger partial charge in [-0.05, 0) is 30.5 Å². The average molecular weight is 329 g/mol. The Bertz CT molecular complexity index is 454. The van der Waals surface area contributed by atoms with Gasteiger partial charge in [-0.25, -0.2) is 0 Å². The number of nitrogens with zero attached hydrogens (tertiary/aromatic N) is 1. The minimum absolute atomic E-state index is 0. The van der Waals surface area contributed by atoms with Crippen molar-refractivity contribution in [3.8, 4) is 11.5 Å². The topological polar surface area (TPSA) is 33.7 Å². The molecule has 0 bridgehead atoms. The van der Waals surface area contributed by atoms with E-state index in [0.29, 0.717) is 18.6 Å². The molecular weight excluding hydrogens is 300 g/mol. The van der Waals surface area contributed by atoms with E-state index < -0.39 is 0 Å². The van der Waals surface area contributed by atoms with Gasteiger partial charge in [-0.1, -0.05) is 19.9 Å². The molecular formula is C17H29ClN2O2. The van der Waals surface area contributed by atoms with Gasteiger partial charge in [0.25, 0.3) is 0 Å². The molecule has 0 amide bonds. The summed E-state index contributed by atoms with van der Waals surface area (Å²) in [4.78, 5) is 2.48. The van der Waals surface area contributed by atoms with Gasteiger partial charge in [0, 0.05) is 32.2 Å². The number of rotatable bonds is 6. The van der Waals surface area contributed by atoms with E-state index in [1.165, 1.54) is 5.56 Å². The first kappa shape index (κ1) is 19.1. The predicted octanol–water partition coefficient (Wildman–Crippen LogP) is 2.95. The van der Waals surface area contributed by atoms with Crippen molar-refractivity contribution < 1.29 is 9.47 Å². The van der Waals surface area contributed by atoms with Gasteiger partial charge in [0.15, 0.2) is 11.5 Å². The molecule has 4 nitrogen and oxygen atoms in total. The molecule has 1 atom stereocenters. The molecule has 1 unspecified atom stereocenters. The molecule has 0 spiro atoms. The van der Waals surface area contributed by atoms with Crippen molar-refractivity contribution in [2.45, 2.75) is 33.4 Å². The molecule has 0 radical (unpaired) electrons. The summed E-state index contributed by atoms with van der Waals surface area (Å²) in [7, 11) is 1.69. The molecule has 1 N–H and O–H groups in total. The van der Waals surface area contributed by atoms with E-state index in [2.05, 4.69) is 43.1 Å². The maximum Gasteiger partial charge on any atom is 0.161 e. The zero-order chi connectivity index (χ0) is 15.2. The van der Waals surface area contributed by atoms with Gasteiger partial charge in [-0.2, -0.15) is 0 Å². The van der Waals surface area contributed by atoms with Crippen molar-refractivity contribution >= 4 is 12.4 Å². The molecule has 0 saturated carbocycles. The fraction of sp³-hybridized carbons (Fsp3) is 0.647. The van der Waals surface area contributed by atoms with Crippen molar-refractivity contribution in [1.29, 1.82) is 0 Å². The Morgan fingerprint density at radius 1 is 1.32 bits per heavy atom. The predicted molar refractivity (Wildman–Crippen MR) is 93.3 cm³/mol. The molecule has 1 fully saturated rings. The summed E-state index contributed by atoms with van der Waals surface area (Å²) >= 11 is 0. The lowest BCUT2D eigenvalue weighted by Gasteiger charge is -2.31. The maximum absolute atomic E-state index is 5.88. The Morgan fingerprint density at radius 2 is 2.09 bits per heavy atom. The Hall–Kier alpha value is -0.970. The second-order valence-electron chi connectivity index (χ2n) is 6.28. The van der Waals surface area contributed by atoms with E-state index >= 15 is 0 Å². The number of ether oxygens (including phenoxy) is 2. The van der Waals surface area contributed by atoms with Crippen LogP contribution in [0.3, 0.4) is 0 Å². The summed E-state index contributed by atoms with van der Waals surface area (Å²) in [5, 5.41) is 3.47. The quantitative estimate of drug-likeness (QED) is 0.870. The molecule has 1 aliphatic heterocycles. The first-order valence-electron chi connectivity index (χ1n) is 7.84. The van der Waals surface area contributed by atoms with Crippen molar-refractivity contribution in [3.63, 3.8) is 0 Å². The van der Waals surface area contributed by atoms with E-state index in [1.807, 2.05) is 6.07 Å². The molecule has 126 valence electrons. The summed E-state index contributed by atoms with van der Waals surface area (Å²) in [6.45, 7) is 11.5. The molecule has 1 aromatic carbocycles. The van der Waals surface area contributed by atoms with Crippen LogP contribution in [-0.2, 0) is 6.54 Å². The highest BCUT2D eigenvalue weighted by atomic mass is 35.5. The average Bonchev–Trinajstić information content (AvgIpc) is 2.45. The highest BCUT2D eigenvalue weighted by Crippen LogP contribution is 2.29. The van der Waals surface area contributed by atoms with Crippen molar-refractivity contribution in [2.75, 3.05) is 33.4 Å². The number of methoxy groups -OCH3 is 1. The summed E-state index contributed by atoms with van der Waals surface area (Å²) in [6, 6.07) is 6.83. The van der Waals surface area contributed by atoms with Crippen LogP contribution in [-0.4, -0.2) is 44.3 Å². The smallest absolute Gasteiger partial charge is 0.161 e. The van der Waals surface area contributed by atoms with Gasteiger partial charge in [-0.3, -0.25) is 4.90 Å². The normalized spacial score (nSPS) is 18.9. The van der Waals surface area contributed by atoms with Gasteiger partial charge < -0.3 is 14.8 Å². The zero-order valence-corrected chi connectivity index (χ0v) is 14.9. The van der Waals surface area contributed by atoms with Crippen molar-refractivity contribution in [1.82, 2.24) is 10.2 Å². The minimum atomic E-state index is 0. The van der Waals surface area contributed by atoms with Crippen LogP contribution in [0.15, 0.2) is 18.2 Å².